The molecule has 3 heterocycles. The fourth-order valence-corrected chi connectivity index (χ4v) is 3.52. The zero-order valence-corrected chi connectivity index (χ0v) is 16.4. The Kier molecular flexibility index (Phi) is 5.90. The maximum absolute atomic E-state index is 12.8. The van der Waals surface area contributed by atoms with Crippen molar-refractivity contribution in [1.82, 2.24) is 20.1 Å². The Morgan fingerprint density at radius 2 is 2.28 bits per heavy atom. The number of carbonyl (C=O) groups excluding carboxylic acids is 1. The average molecular weight is 395 g/mol. The first-order valence-corrected chi connectivity index (χ1v) is 9.81. The van der Waals surface area contributed by atoms with Crippen molar-refractivity contribution in [3.8, 4) is 0 Å². The third kappa shape index (κ3) is 5.03. The summed E-state index contributed by atoms with van der Waals surface area (Å²) < 4.78 is 10.9. The van der Waals surface area contributed by atoms with Gasteiger partial charge in [-0.25, -0.2) is 9.78 Å². The van der Waals surface area contributed by atoms with Crippen LogP contribution in [0.1, 0.15) is 41.7 Å². The number of aromatic nitrogens is 3. The first kappa shape index (κ1) is 19.2. The molecule has 0 radical (unpaired) electrons. The van der Waals surface area contributed by atoms with Gasteiger partial charge in [0.05, 0.1) is 12.9 Å². The number of furan rings is 1. The predicted octanol–water partition coefficient (Wildman–Crippen LogP) is 3.83. The lowest BCUT2D eigenvalue weighted by molar-refractivity contribution is 0.0930. The number of hydrogen-bond donors (Lipinski definition) is 2. The number of aromatic amines is 1. The van der Waals surface area contributed by atoms with E-state index in [9.17, 15) is 4.79 Å². The largest absolute Gasteiger partial charge is 0.467 e. The van der Waals surface area contributed by atoms with Crippen LogP contribution < -0.4 is 5.32 Å². The minimum absolute atomic E-state index is 0.101. The molecular weight excluding hydrogens is 370 g/mol. The predicted molar refractivity (Wildman–Crippen MR) is 107 cm³/mol. The van der Waals surface area contributed by atoms with Crippen LogP contribution in [-0.2, 0) is 18.0 Å². The number of rotatable bonds is 6. The van der Waals surface area contributed by atoms with Gasteiger partial charge in [0.25, 0.3) is 0 Å². The lowest BCUT2D eigenvalue weighted by Crippen LogP contribution is -2.41. The highest BCUT2D eigenvalue weighted by molar-refractivity contribution is 5.89. The summed E-state index contributed by atoms with van der Waals surface area (Å²) in [5, 5.41) is 10.1. The molecule has 1 aromatic carbocycles. The van der Waals surface area contributed by atoms with E-state index in [1.165, 1.54) is 0 Å². The van der Waals surface area contributed by atoms with Crippen LogP contribution in [-0.4, -0.2) is 39.2 Å². The first-order chi connectivity index (χ1) is 14.2. The Morgan fingerprint density at radius 3 is 3.07 bits per heavy atom. The second-order valence-corrected chi connectivity index (χ2v) is 7.27. The van der Waals surface area contributed by atoms with Gasteiger partial charge in [0.2, 0.25) is 0 Å². The molecule has 0 spiro atoms. The van der Waals surface area contributed by atoms with Gasteiger partial charge in [-0.3, -0.25) is 5.10 Å². The van der Waals surface area contributed by atoms with Crippen LogP contribution >= 0.6 is 0 Å². The summed E-state index contributed by atoms with van der Waals surface area (Å²) in [6.07, 6.45) is 3.55. The topological polar surface area (TPSA) is 96.3 Å². The van der Waals surface area contributed by atoms with Crippen LogP contribution in [0.5, 0.6) is 0 Å². The molecule has 0 saturated carbocycles. The Hall–Kier alpha value is -3.13. The van der Waals surface area contributed by atoms with Crippen molar-refractivity contribution in [2.45, 2.75) is 38.9 Å². The van der Waals surface area contributed by atoms with Crippen molar-refractivity contribution in [2.75, 3.05) is 18.4 Å². The van der Waals surface area contributed by atoms with Crippen LogP contribution in [0.15, 0.2) is 47.1 Å². The summed E-state index contributed by atoms with van der Waals surface area (Å²) in [7, 11) is 0. The quantitative estimate of drug-likeness (QED) is 0.661. The Labute approximate surface area is 169 Å². The molecule has 4 rings (SSSR count). The van der Waals surface area contributed by atoms with E-state index >= 15 is 0 Å². The molecule has 1 aliphatic rings. The van der Waals surface area contributed by atoms with Gasteiger partial charge >= 0.3 is 6.03 Å². The van der Waals surface area contributed by atoms with Crippen molar-refractivity contribution in [3.63, 3.8) is 0 Å². The molecule has 2 aromatic heterocycles. The minimum Gasteiger partial charge on any atom is -0.467 e. The molecule has 1 fully saturated rings. The van der Waals surface area contributed by atoms with Crippen molar-refractivity contribution >= 4 is 11.7 Å². The number of aryl methyl sites for hydroxylation is 1. The number of H-pyrrole nitrogens is 1. The Balaban J connectivity index is 1.31. The van der Waals surface area contributed by atoms with Crippen LogP contribution in [0.3, 0.4) is 0 Å². The number of nitrogens with one attached hydrogen (secondary N) is 2. The number of anilines is 1. The van der Waals surface area contributed by atoms with Crippen molar-refractivity contribution < 1.29 is 13.9 Å². The molecule has 0 aliphatic carbocycles. The van der Waals surface area contributed by atoms with Crippen molar-refractivity contribution in [1.29, 1.82) is 0 Å². The maximum Gasteiger partial charge on any atom is 0.321 e. The van der Waals surface area contributed by atoms with Gasteiger partial charge in [-0.05, 0) is 49.6 Å². The van der Waals surface area contributed by atoms with Gasteiger partial charge in [-0.15, -0.1) is 0 Å². The Morgan fingerprint density at radius 1 is 1.34 bits per heavy atom. The van der Waals surface area contributed by atoms with Crippen molar-refractivity contribution in [2.24, 2.45) is 0 Å². The second-order valence-electron chi connectivity index (χ2n) is 7.27. The molecule has 29 heavy (non-hydrogen) atoms. The minimum atomic E-state index is -0.101. The number of nitrogens with zero attached hydrogens (tertiary/aromatic N) is 3. The normalized spacial score (nSPS) is 16.7. The number of piperidine rings is 1. The highest BCUT2D eigenvalue weighted by Gasteiger charge is 2.27. The molecule has 8 heteroatoms. The van der Waals surface area contributed by atoms with E-state index in [0.29, 0.717) is 19.8 Å². The van der Waals surface area contributed by atoms with Gasteiger partial charge in [-0.2, -0.15) is 5.10 Å². The average Bonchev–Trinajstić information content (AvgIpc) is 3.40. The number of likely N-dealkylation sites (tertiary alicyclic amines) is 1. The third-order valence-corrected chi connectivity index (χ3v) is 4.96. The second kappa shape index (κ2) is 8.91. The number of amides is 2. The van der Waals surface area contributed by atoms with Crippen LogP contribution in [0.4, 0.5) is 10.5 Å². The van der Waals surface area contributed by atoms with Crippen molar-refractivity contribution in [3.05, 3.63) is 65.6 Å². The maximum atomic E-state index is 12.8. The van der Waals surface area contributed by atoms with Crippen LogP contribution in [0, 0.1) is 6.92 Å². The first-order valence-electron chi connectivity index (χ1n) is 9.81. The van der Waals surface area contributed by atoms with E-state index in [2.05, 4.69) is 20.5 Å². The number of benzene rings is 1. The van der Waals surface area contributed by atoms with Gasteiger partial charge < -0.3 is 19.4 Å². The molecule has 0 unspecified atom stereocenters. The number of hydrogen-bond acceptors (Lipinski definition) is 5. The molecule has 2 N–H and O–H groups in total. The van der Waals surface area contributed by atoms with Gasteiger partial charge in [0.15, 0.2) is 5.82 Å². The van der Waals surface area contributed by atoms with E-state index in [-0.39, 0.29) is 11.9 Å². The SMILES string of the molecule is Cc1nc([C@@H]2CCCN(C(=O)Nc3cccc(COCc4ccco4)c3)C2)n[nH]1. The lowest BCUT2D eigenvalue weighted by atomic mass is 9.97. The van der Waals surface area contributed by atoms with Gasteiger partial charge in [0, 0.05) is 24.7 Å². The van der Waals surface area contributed by atoms with Crippen LogP contribution in [0.2, 0.25) is 0 Å². The molecule has 1 atom stereocenters. The molecule has 3 aromatic rings. The Bertz CT molecular complexity index is 937. The number of urea groups is 1. The van der Waals surface area contributed by atoms with E-state index in [1.807, 2.05) is 48.2 Å². The van der Waals surface area contributed by atoms with Gasteiger partial charge in [0.1, 0.15) is 18.2 Å². The summed E-state index contributed by atoms with van der Waals surface area (Å²) in [6, 6.07) is 11.3. The highest BCUT2D eigenvalue weighted by atomic mass is 16.5. The van der Waals surface area contributed by atoms with Gasteiger partial charge in [-0.1, -0.05) is 12.1 Å². The fourth-order valence-electron chi connectivity index (χ4n) is 3.52. The van der Waals surface area contributed by atoms with E-state index in [4.69, 9.17) is 9.15 Å². The summed E-state index contributed by atoms with van der Waals surface area (Å²) in [6.45, 7) is 4.10. The van der Waals surface area contributed by atoms with E-state index < -0.39 is 0 Å². The van der Waals surface area contributed by atoms with E-state index in [0.717, 1.165) is 48.0 Å². The third-order valence-electron chi connectivity index (χ3n) is 4.96. The molecule has 1 saturated heterocycles. The number of ether oxygens (including phenoxy) is 1. The molecule has 1 aliphatic heterocycles. The molecular formula is C21H25N5O3. The molecule has 8 nitrogen and oxygen atoms in total. The highest BCUT2D eigenvalue weighted by Crippen LogP contribution is 2.25. The number of carbonyl (C=O) groups is 1. The summed E-state index contributed by atoms with van der Waals surface area (Å²) in [4.78, 5) is 19.0. The van der Waals surface area contributed by atoms with Crippen LogP contribution in [0.25, 0.3) is 0 Å². The van der Waals surface area contributed by atoms with E-state index in [1.54, 1.807) is 6.26 Å². The zero-order valence-electron chi connectivity index (χ0n) is 16.4. The molecule has 2 amide bonds. The molecule has 0 bridgehead atoms. The lowest BCUT2D eigenvalue weighted by Gasteiger charge is -2.31. The summed E-state index contributed by atoms with van der Waals surface area (Å²) in [5.74, 6) is 2.54. The molecule has 152 valence electrons. The fraction of sp³-hybridized carbons (Fsp3) is 0.381. The smallest absolute Gasteiger partial charge is 0.321 e. The monoisotopic (exact) mass is 395 g/mol. The summed E-state index contributed by atoms with van der Waals surface area (Å²) >= 11 is 0. The summed E-state index contributed by atoms with van der Waals surface area (Å²) in [5.41, 5.74) is 1.74. The zero-order chi connectivity index (χ0) is 20.1. The standard InChI is InChI=1S/C21H25N5O3/c1-15-22-20(25-24-15)17-6-3-9-26(12-17)21(27)23-18-7-2-5-16(11-18)13-28-14-19-8-4-10-29-19/h2,4-5,7-8,10-11,17H,3,6,9,12-14H2,1H3,(H,23,27)(H,22,24,25)/t17-/m1/s1.